The van der Waals surface area contributed by atoms with Gasteiger partial charge in [0, 0.05) is 19.1 Å². The van der Waals surface area contributed by atoms with Crippen LogP contribution in [-0.2, 0) is 0 Å². The van der Waals surface area contributed by atoms with Crippen LogP contribution in [0.1, 0.15) is 55.9 Å². The maximum atomic E-state index is 12.1. The Bertz CT molecular complexity index is 482. The van der Waals surface area contributed by atoms with Crippen molar-refractivity contribution in [1.29, 1.82) is 0 Å². The molecular weight excluding hydrogens is 264 g/mol. The van der Waals surface area contributed by atoms with Gasteiger partial charge in [-0.3, -0.25) is 4.79 Å². The van der Waals surface area contributed by atoms with E-state index in [0.29, 0.717) is 17.7 Å². The molecule has 1 aliphatic heterocycles. The molecule has 2 heterocycles. The molecule has 1 aromatic heterocycles. The van der Waals surface area contributed by atoms with Gasteiger partial charge in [-0.05, 0) is 31.6 Å². The Labute approximate surface area is 126 Å². The molecule has 1 aliphatic carbocycles. The van der Waals surface area contributed by atoms with Gasteiger partial charge in [-0.2, -0.15) is 0 Å². The van der Waals surface area contributed by atoms with Crippen LogP contribution in [0.5, 0.6) is 0 Å². The van der Waals surface area contributed by atoms with Gasteiger partial charge in [-0.25, -0.2) is 9.97 Å². The Balaban J connectivity index is 1.61. The fourth-order valence-electron chi connectivity index (χ4n) is 3.33. The number of piperidine rings is 1. The highest BCUT2D eigenvalue weighted by Gasteiger charge is 2.20. The van der Waals surface area contributed by atoms with Gasteiger partial charge in [-0.15, -0.1) is 0 Å². The zero-order valence-electron chi connectivity index (χ0n) is 12.7. The Kier molecular flexibility index (Phi) is 4.36. The van der Waals surface area contributed by atoms with E-state index in [2.05, 4.69) is 27.1 Å². The van der Waals surface area contributed by atoms with Crippen LogP contribution in [0.4, 0.5) is 5.82 Å². The van der Waals surface area contributed by atoms with Crippen LogP contribution in [0.3, 0.4) is 0 Å². The molecule has 1 atom stereocenters. The number of nitrogens with one attached hydrogen (secondary N) is 1. The van der Waals surface area contributed by atoms with Crippen LogP contribution in [0, 0.1) is 5.92 Å². The predicted molar refractivity (Wildman–Crippen MR) is 82.4 cm³/mol. The molecule has 0 bridgehead atoms. The Morgan fingerprint density at radius 3 is 2.67 bits per heavy atom. The zero-order chi connectivity index (χ0) is 14.7. The number of rotatable bonds is 3. The Hall–Kier alpha value is -1.65. The molecule has 1 amide bonds. The van der Waals surface area contributed by atoms with Crippen LogP contribution in [0.2, 0.25) is 0 Å². The third-order valence-electron chi connectivity index (χ3n) is 4.54. The van der Waals surface area contributed by atoms with E-state index in [9.17, 15) is 4.79 Å². The van der Waals surface area contributed by atoms with Crippen molar-refractivity contribution in [3.8, 4) is 0 Å². The van der Waals surface area contributed by atoms with Crippen molar-refractivity contribution in [1.82, 2.24) is 15.3 Å². The van der Waals surface area contributed by atoms with Gasteiger partial charge >= 0.3 is 0 Å². The Morgan fingerprint density at radius 2 is 2.00 bits per heavy atom. The SMILES string of the molecule is CC1CCCN(c2cnc(C(=O)NC3CCCC3)cn2)C1. The second-order valence-electron chi connectivity index (χ2n) is 6.41. The Morgan fingerprint density at radius 1 is 1.19 bits per heavy atom. The lowest BCUT2D eigenvalue weighted by atomic mass is 10.0. The molecule has 0 spiro atoms. The molecule has 0 aromatic carbocycles. The molecule has 114 valence electrons. The monoisotopic (exact) mass is 288 g/mol. The third-order valence-corrected chi connectivity index (χ3v) is 4.54. The van der Waals surface area contributed by atoms with Gasteiger partial charge in [0.25, 0.3) is 5.91 Å². The minimum absolute atomic E-state index is 0.0898. The predicted octanol–water partition coefficient (Wildman–Crippen LogP) is 2.39. The number of nitrogens with zero attached hydrogens (tertiary/aromatic N) is 3. The molecule has 5 nitrogen and oxygen atoms in total. The van der Waals surface area contributed by atoms with E-state index in [4.69, 9.17) is 0 Å². The summed E-state index contributed by atoms with van der Waals surface area (Å²) in [5.41, 5.74) is 0.427. The summed E-state index contributed by atoms with van der Waals surface area (Å²) in [6, 6.07) is 0.321. The molecule has 1 N–H and O–H groups in total. The van der Waals surface area contributed by atoms with E-state index in [1.54, 1.807) is 12.4 Å². The van der Waals surface area contributed by atoms with Crippen molar-refractivity contribution in [2.75, 3.05) is 18.0 Å². The fourth-order valence-corrected chi connectivity index (χ4v) is 3.33. The first kappa shape index (κ1) is 14.3. The number of anilines is 1. The second kappa shape index (κ2) is 6.41. The second-order valence-corrected chi connectivity index (χ2v) is 6.41. The summed E-state index contributed by atoms with van der Waals surface area (Å²) >= 11 is 0. The highest BCUT2D eigenvalue weighted by atomic mass is 16.1. The molecule has 1 saturated heterocycles. The van der Waals surface area contributed by atoms with E-state index in [-0.39, 0.29) is 5.91 Å². The number of hydrogen-bond donors (Lipinski definition) is 1. The molecule has 5 heteroatoms. The van der Waals surface area contributed by atoms with E-state index >= 15 is 0 Å². The number of amides is 1. The highest BCUT2D eigenvalue weighted by Crippen LogP contribution is 2.21. The normalized spacial score (nSPS) is 23.3. The van der Waals surface area contributed by atoms with Crippen molar-refractivity contribution in [3.05, 3.63) is 18.1 Å². The largest absolute Gasteiger partial charge is 0.355 e. The lowest BCUT2D eigenvalue weighted by molar-refractivity contribution is 0.0932. The third kappa shape index (κ3) is 3.52. The van der Waals surface area contributed by atoms with E-state index < -0.39 is 0 Å². The number of hydrogen-bond acceptors (Lipinski definition) is 4. The van der Waals surface area contributed by atoms with Crippen molar-refractivity contribution < 1.29 is 4.79 Å². The van der Waals surface area contributed by atoms with Crippen LogP contribution in [-0.4, -0.2) is 35.0 Å². The smallest absolute Gasteiger partial charge is 0.271 e. The van der Waals surface area contributed by atoms with E-state index in [1.165, 1.54) is 25.7 Å². The molecule has 2 aliphatic rings. The lowest BCUT2D eigenvalue weighted by Crippen LogP contribution is -2.35. The first-order valence-corrected chi connectivity index (χ1v) is 8.10. The van der Waals surface area contributed by atoms with Crippen LogP contribution in [0.15, 0.2) is 12.4 Å². The minimum Gasteiger partial charge on any atom is -0.355 e. The molecule has 3 rings (SSSR count). The molecule has 1 aromatic rings. The van der Waals surface area contributed by atoms with Gasteiger partial charge in [-0.1, -0.05) is 19.8 Å². The van der Waals surface area contributed by atoms with Crippen LogP contribution in [0.25, 0.3) is 0 Å². The van der Waals surface area contributed by atoms with E-state index in [1.807, 2.05) is 0 Å². The molecule has 1 unspecified atom stereocenters. The topological polar surface area (TPSA) is 58.1 Å². The van der Waals surface area contributed by atoms with Crippen LogP contribution >= 0.6 is 0 Å². The minimum atomic E-state index is -0.0898. The van der Waals surface area contributed by atoms with Gasteiger partial charge in [0.2, 0.25) is 0 Å². The summed E-state index contributed by atoms with van der Waals surface area (Å²) in [7, 11) is 0. The van der Waals surface area contributed by atoms with Crippen molar-refractivity contribution in [3.63, 3.8) is 0 Å². The quantitative estimate of drug-likeness (QED) is 0.928. The number of aromatic nitrogens is 2. The van der Waals surface area contributed by atoms with Crippen molar-refractivity contribution in [2.45, 2.75) is 51.5 Å². The van der Waals surface area contributed by atoms with Crippen LogP contribution < -0.4 is 10.2 Å². The van der Waals surface area contributed by atoms with Gasteiger partial charge < -0.3 is 10.2 Å². The summed E-state index contributed by atoms with van der Waals surface area (Å²) in [4.78, 5) is 23.1. The lowest BCUT2D eigenvalue weighted by Gasteiger charge is -2.31. The average Bonchev–Trinajstić information content (AvgIpc) is 3.00. The first-order valence-electron chi connectivity index (χ1n) is 8.10. The fraction of sp³-hybridized carbons (Fsp3) is 0.688. The molecule has 0 radical (unpaired) electrons. The first-order chi connectivity index (χ1) is 10.2. The molecule has 2 fully saturated rings. The van der Waals surface area contributed by atoms with Gasteiger partial charge in [0.05, 0.1) is 12.4 Å². The van der Waals surface area contributed by atoms with Crippen molar-refractivity contribution >= 4 is 11.7 Å². The zero-order valence-corrected chi connectivity index (χ0v) is 12.7. The summed E-state index contributed by atoms with van der Waals surface area (Å²) < 4.78 is 0. The summed E-state index contributed by atoms with van der Waals surface area (Å²) in [5, 5.41) is 3.05. The number of carbonyl (C=O) groups excluding carboxylic acids is 1. The highest BCUT2D eigenvalue weighted by molar-refractivity contribution is 5.92. The van der Waals surface area contributed by atoms with Gasteiger partial charge in [0.15, 0.2) is 0 Å². The molecular formula is C16H24N4O. The summed E-state index contributed by atoms with van der Waals surface area (Å²) in [6.45, 7) is 4.33. The summed E-state index contributed by atoms with van der Waals surface area (Å²) in [6.07, 6.45) is 10.4. The average molecular weight is 288 g/mol. The molecule has 1 saturated carbocycles. The van der Waals surface area contributed by atoms with Crippen molar-refractivity contribution in [2.24, 2.45) is 5.92 Å². The maximum Gasteiger partial charge on any atom is 0.271 e. The summed E-state index contributed by atoms with van der Waals surface area (Å²) in [5.74, 6) is 1.50. The van der Waals surface area contributed by atoms with E-state index in [0.717, 1.165) is 31.7 Å². The van der Waals surface area contributed by atoms with Gasteiger partial charge in [0.1, 0.15) is 11.5 Å². The molecule has 21 heavy (non-hydrogen) atoms. The maximum absolute atomic E-state index is 12.1. The number of carbonyl (C=O) groups is 1. The standard InChI is InChI=1S/C16H24N4O/c1-12-5-4-8-20(11-12)15-10-17-14(9-18-15)16(21)19-13-6-2-3-7-13/h9-10,12-13H,2-8,11H2,1H3,(H,19,21).